The van der Waals surface area contributed by atoms with E-state index in [9.17, 15) is 35.7 Å². The summed E-state index contributed by atoms with van der Waals surface area (Å²) >= 11 is 0. The van der Waals surface area contributed by atoms with E-state index in [4.69, 9.17) is 18.9 Å². The van der Waals surface area contributed by atoms with Crippen molar-refractivity contribution in [1.82, 2.24) is 0 Å². The van der Waals surface area contributed by atoms with Gasteiger partial charge in [0.05, 0.1) is 19.8 Å². The SMILES string of the molecule is CCCCCCCCC(CCCCCC)COC1O[C@H](CO)[C@@H](O[C@H]2O[C@H](CO)[C@@H](O)[C@H](O)[C@H]2O)[C@H](O)[C@H]1O. The largest absolute Gasteiger partial charge is 0.394 e. The minimum absolute atomic E-state index is 0.289. The molecular weight excluding hydrogens is 512 g/mol. The van der Waals surface area contributed by atoms with E-state index in [0.717, 1.165) is 38.5 Å². The summed E-state index contributed by atoms with van der Waals surface area (Å²) in [7, 11) is 0. The number of hydrogen-bond donors (Lipinski definition) is 7. The fourth-order valence-electron chi connectivity index (χ4n) is 5.31. The maximum atomic E-state index is 10.8. The first-order valence-corrected chi connectivity index (χ1v) is 15.0. The molecule has 2 saturated heterocycles. The van der Waals surface area contributed by atoms with Crippen LogP contribution in [0.15, 0.2) is 0 Å². The Balaban J connectivity index is 1.94. The number of unbranched alkanes of at least 4 members (excludes halogenated alkanes) is 8. The second-order valence-electron chi connectivity index (χ2n) is 11.1. The molecule has 0 aliphatic carbocycles. The lowest BCUT2D eigenvalue weighted by atomic mass is 9.94. The minimum atomic E-state index is -1.70. The normalized spacial score (nSPS) is 36.2. The Morgan fingerprint density at radius 1 is 0.590 bits per heavy atom. The summed E-state index contributed by atoms with van der Waals surface area (Å²) in [6, 6.07) is 0. The molecule has 0 aromatic rings. The molecule has 2 unspecified atom stereocenters. The van der Waals surface area contributed by atoms with Crippen LogP contribution in [0.2, 0.25) is 0 Å². The van der Waals surface area contributed by atoms with Crippen LogP contribution in [0.5, 0.6) is 0 Å². The second-order valence-corrected chi connectivity index (χ2v) is 11.1. The average molecular weight is 567 g/mol. The summed E-state index contributed by atoms with van der Waals surface area (Å²) in [6.07, 6.45) is -0.531. The van der Waals surface area contributed by atoms with Crippen molar-refractivity contribution in [3.63, 3.8) is 0 Å². The molecular formula is C28H54O11. The van der Waals surface area contributed by atoms with Crippen LogP contribution in [-0.4, -0.2) is 117 Å². The van der Waals surface area contributed by atoms with Gasteiger partial charge < -0.3 is 54.7 Å². The van der Waals surface area contributed by atoms with Crippen LogP contribution in [0.4, 0.5) is 0 Å². The Morgan fingerprint density at radius 3 is 1.69 bits per heavy atom. The van der Waals surface area contributed by atoms with Crippen molar-refractivity contribution >= 4 is 0 Å². The maximum Gasteiger partial charge on any atom is 0.187 e. The van der Waals surface area contributed by atoms with E-state index in [1.165, 1.54) is 38.5 Å². The van der Waals surface area contributed by atoms with E-state index in [-0.39, 0.29) is 5.92 Å². The molecule has 7 N–H and O–H groups in total. The highest BCUT2D eigenvalue weighted by atomic mass is 16.7. The number of aliphatic hydroxyl groups is 7. The molecule has 0 aromatic heterocycles. The lowest BCUT2D eigenvalue weighted by Crippen LogP contribution is -2.64. The van der Waals surface area contributed by atoms with Crippen LogP contribution < -0.4 is 0 Å². The van der Waals surface area contributed by atoms with E-state index < -0.39 is 74.6 Å². The summed E-state index contributed by atoms with van der Waals surface area (Å²) in [6.45, 7) is 3.51. The van der Waals surface area contributed by atoms with Crippen LogP contribution in [0.25, 0.3) is 0 Å². The zero-order chi connectivity index (χ0) is 28.8. The van der Waals surface area contributed by atoms with Crippen LogP contribution in [-0.2, 0) is 18.9 Å². The highest BCUT2D eigenvalue weighted by molar-refractivity contribution is 4.94. The van der Waals surface area contributed by atoms with Crippen LogP contribution in [0.1, 0.15) is 90.9 Å². The first kappa shape index (κ1) is 34.8. The predicted octanol–water partition coefficient (Wildman–Crippen LogP) is 0.964. The smallest absolute Gasteiger partial charge is 0.187 e. The molecule has 39 heavy (non-hydrogen) atoms. The quantitative estimate of drug-likeness (QED) is 0.111. The van der Waals surface area contributed by atoms with Crippen molar-refractivity contribution in [2.75, 3.05) is 19.8 Å². The van der Waals surface area contributed by atoms with Gasteiger partial charge in [-0.1, -0.05) is 78.1 Å². The molecule has 0 amide bonds. The molecule has 0 spiro atoms. The van der Waals surface area contributed by atoms with Gasteiger partial charge in [-0.05, 0) is 18.8 Å². The second kappa shape index (κ2) is 18.9. The number of rotatable bonds is 19. The van der Waals surface area contributed by atoms with Gasteiger partial charge in [0.1, 0.15) is 48.8 Å². The van der Waals surface area contributed by atoms with Crippen molar-refractivity contribution in [3.05, 3.63) is 0 Å². The third kappa shape index (κ3) is 10.7. The van der Waals surface area contributed by atoms with Crippen LogP contribution in [0.3, 0.4) is 0 Å². The molecule has 2 aliphatic heterocycles. The van der Waals surface area contributed by atoms with E-state index >= 15 is 0 Å². The summed E-state index contributed by atoms with van der Waals surface area (Å²) in [4.78, 5) is 0. The van der Waals surface area contributed by atoms with Gasteiger partial charge in [0.2, 0.25) is 0 Å². The molecule has 0 saturated carbocycles. The summed E-state index contributed by atoms with van der Waals surface area (Å²) < 4.78 is 22.7. The van der Waals surface area contributed by atoms with Gasteiger partial charge in [-0.2, -0.15) is 0 Å². The first-order valence-electron chi connectivity index (χ1n) is 15.0. The van der Waals surface area contributed by atoms with Gasteiger partial charge in [-0.15, -0.1) is 0 Å². The van der Waals surface area contributed by atoms with E-state index in [1.807, 2.05) is 0 Å². The Kier molecular flexibility index (Phi) is 16.8. The Morgan fingerprint density at radius 2 is 1.10 bits per heavy atom. The summed E-state index contributed by atoms with van der Waals surface area (Å²) in [5, 5.41) is 71.2. The lowest BCUT2D eigenvalue weighted by molar-refractivity contribution is -0.360. The van der Waals surface area contributed by atoms with Crippen LogP contribution in [0, 0.1) is 5.92 Å². The van der Waals surface area contributed by atoms with Crippen molar-refractivity contribution in [2.24, 2.45) is 5.92 Å². The summed E-state index contributed by atoms with van der Waals surface area (Å²) in [5.41, 5.74) is 0. The number of hydrogen-bond acceptors (Lipinski definition) is 11. The highest BCUT2D eigenvalue weighted by Gasteiger charge is 2.50. The van der Waals surface area contributed by atoms with Gasteiger partial charge in [0.15, 0.2) is 12.6 Å². The van der Waals surface area contributed by atoms with Crippen molar-refractivity contribution in [2.45, 2.75) is 152 Å². The average Bonchev–Trinajstić information content (AvgIpc) is 2.94. The topological polar surface area (TPSA) is 179 Å². The molecule has 2 aliphatic rings. The number of ether oxygens (including phenoxy) is 4. The zero-order valence-electron chi connectivity index (χ0n) is 23.7. The first-order chi connectivity index (χ1) is 18.8. The molecule has 2 rings (SSSR count). The van der Waals surface area contributed by atoms with Gasteiger partial charge in [0.25, 0.3) is 0 Å². The fraction of sp³-hybridized carbons (Fsp3) is 1.00. The molecule has 11 heteroatoms. The number of aliphatic hydroxyl groups excluding tert-OH is 7. The molecule has 232 valence electrons. The molecule has 0 aromatic carbocycles. The van der Waals surface area contributed by atoms with Crippen molar-refractivity contribution in [3.8, 4) is 0 Å². The van der Waals surface area contributed by atoms with Gasteiger partial charge >= 0.3 is 0 Å². The molecule has 2 fully saturated rings. The Hall–Kier alpha value is -0.440. The standard InChI is InChI=1S/C28H54O11/c1-3-5-7-9-10-12-14-18(13-11-8-6-4-2)17-36-27-25(35)23(33)26(20(16-30)38-27)39-28-24(34)22(32)21(31)19(15-29)37-28/h18-35H,3-17H2,1-2H3/t18?,19-,20-,21-,22+,23-,24-,25-,26-,27?,28-/m1/s1. The monoisotopic (exact) mass is 566 g/mol. The Bertz CT molecular complexity index is 622. The maximum absolute atomic E-state index is 10.8. The third-order valence-electron chi connectivity index (χ3n) is 7.89. The van der Waals surface area contributed by atoms with E-state index in [0.29, 0.717) is 6.61 Å². The zero-order valence-corrected chi connectivity index (χ0v) is 23.7. The van der Waals surface area contributed by atoms with Crippen molar-refractivity contribution < 1.29 is 54.7 Å². The Labute approximate surface area is 233 Å². The van der Waals surface area contributed by atoms with Crippen LogP contribution >= 0.6 is 0 Å². The molecule has 2 heterocycles. The van der Waals surface area contributed by atoms with Crippen molar-refractivity contribution in [1.29, 1.82) is 0 Å². The molecule has 11 atom stereocenters. The van der Waals surface area contributed by atoms with Gasteiger partial charge in [0, 0.05) is 0 Å². The van der Waals surface area contributed by atoms with E-state index in [2.05, 4.69) is 13.8 Å². The minimum Gasteiger partial charge on any atom is -0.394 e. The highest BCUT2D eigenvalue weighted by Crippen LogP contribution is 2.30. The van der Waals surface area contributed by atoms with Gasteiger partial charge in [-0.25, -0.2) is 0 Å². The fourth-order valence-corrected chi connectivity index (χ4v) is 5.31. The molecule has 11 nitrogen and oxygen atoms in total. The molecule has 0 bridgehead atoms. The predicted molar refractivity (Wildman–Crippen MR) is 143 cm³/mol. The third-order valence-corrected chi connectivity index (χ3v) is 7.89. The summed E-state index contributed by atoms with van der Waals surface area (Å²) in [5.74, 6) is 0.289. The van der Waals surface area contributed by atoms with Gasteiger partial charge in [-0.3, -0.25) is 0 Å². The van der Waals surface area contributed by atoms with E-state index in [1.54, 1.807) is 0 Å². The lowest BCUT2D eigenvalue weighted by Gasteiger charge is -2.46. The molecule has 0 radical (unpaired) electrons.